The van der Waals surface area contributed by atoms with E-state index in [0.717, 1.165) is 12.2 Å². The van der Waals surface area contributed by atoms with Gasteiger partial charge in [0.25, 0.3) is 0 Å². The molecule has 1 aliphatic heterocycles. The lowest BCUT2D eigenvalue weighted by Crippen LogP contribution is -2.28. The molecule has 3 nitrogen and oxygen atoms in total. The fourth-order valence-electron chi connectivity index (χ4n) is 1.72. The highest BCUT2D eigenvalue weighted by Gasteiger charge is 2.36. The van der Waals surface area contributed by atoms with Crippen LogP contribution in [-0.4, -0.2) is 41.7 Å². The highest BCUT2D eigenvalue weighted by Crippen LogP contribution is 2.28. The summed E-state index contributed by atoms with van der Waals surface area (Å²) in [6.07, 6.45) is 4.68. The zero-order chi connectivity index (χ0) is 11.9. The van der Waals surface area contributed by atoms with Crippen molar-refractivity contribution in [1.29, 1.82) is 0 Å². The molecule has 96 valence electrons. The molecule has 0 aromatic carbocycles. The van der Waals surface area contributed by atoms with E-state index in [1.165, 1.54) is 25.0 Å². The summed E-state index contributed by atoms with van der Waals surface area (Å²) in [4.78, 5) is 0. The number of aliphatic hydroxyl groups excluding tert-OH is 1. The highest BCUT2D eigenvalue weighted by molar-refractivity contribution is 7.99. The molecule has 0 amide bonds. The molecule has 1 aliphatic rings. The highest BCUT2D eigenvalue weighted by atomic mass is 32.2. The Hall–Kier alpha value is 0.230. The van der Waals surface area contributed by atoms with Crippen molar-refractivity contribution in [2.75, 3.05) is 24.7 Å². The van der Waals surface area contributed by atoms with Gasteiger partial charge in [-0.15, -0.1) is 0 Å². The van der Waals surface area contributed by atoms with Crippen molar-refractivity contribution in [1.82, 2.24) is 0 Å². The molecule has 0 bridgehead atoms. The number of unbranched alkanes of at least 4 members (excludes halogenated alkanes) is 2. The quantitative estimate of drug-likeness (QED) is 0.670. The topological polar surface area (TPSA) is 38.7 Å². The predicted molar refractivity (Wildman–Crippen MR) is 67.8 cm³/mol. The van der Waals surface area contributed by atoms with Gasteiger partial charge in [0, 0.05) is 6.42 Å². The van der Waals surface area contributed by atoms with Gasteiger partial charge < -0.3 is 14.6 Å². The average Bonchev–Trinajstić information content (AvgIpc) is 2.66. The van der Waals surface area contributed by atoms with Crippen LogP contribution in [0.1, 0.15) is 39.5 Å². The molecule has 0 aliphatic carbocycles. The number of ether oxygens (including phenoxy) is 2. The third-order valence-electron chi connectivity index (χ3n) is 2.79. The number of hydrogen-bond donors (Lipinski definition) is 1. The first kappa shape index (κ1) is 14.3. The summed E-state index contributed by atoms with van der Waals surface area (Å²) in [6, 6.07) is 0. The Kier molecular flexibility index (Phi) is 6.73. The fourth-order valence-corrected chi connectivity index (χ4v) is 2.85. The molecule has 16 heavy (non-hydrogen) atoms. The first-order valence-corrected chi connectivity index (χ1v) is 7.36. The molecule has 2 unspecified atom stereocenters. The maximum absolute atomic E-state index is 8.96. The van der Waals surface area contributed by atoms with Gasteiger partial charge >= 0.3 is 0 Å². The van der Waals surface area contributed by atoms with Gasteiger partial charge in [0.05, 0.1) is 13.2 Å². The van der Waals surface area contributed by atoms with Gasteiger partial charge in [-0.2, -0.15) is 11.8 Å². The number of aliphatic hydroxyl groups is 1. The summed E-state index contributed by atoms with van der Waals surface area (Å²) in [5.74, 6) is 1.83. The first-order chi connectivity index (χ1) is 7.70. The zero-order valence-electron chi connectivity index (χ0n) is 10.4. The van der Waals surface area contributed by atoms with E-state index in [1.54, 1.807) is 0 Å². The molecule has 1 heterocycles. The monoisotopic (exact) mass is 248 g/mol. The molecule has 4 heteroatoms. The van der Waals surface area contributed by atoms with Gasteiger partial charge in [-0.3, -0.25) is 0 Å². The lowest BCUT2D eigenvalue weighted by molar-refractivity contribution is -0.157. The largest absolute Gasteiger partial charge is 0.394 e. The summed E-state index contributed by atoms with van der Waals surface area (Å²) >= 11 is 1.96. The van der Waals surface area contributed by atoms with Crippen LogP contribution in [0.3, 0.4) is 0 Å². The van der Waals surface area contributed by atoms with Crippen LogP contribution in [-0.2, 0) is 9.47 Å². The van der Waals surface area contributed by atoms with Gasteiger partial charge in [-0.05, 0) is 24.9 Å². The number of rotatable bonds is 8. The standard InChI is InChI=1S/C12H24O3S/c1-3-4-5-7-16-8-6-12(2)14-10-11(9-13)15-12/h11,13H,3-10H2,1-2H3. The Balaban J connectivity index is 2.04. The summed E-state index contributed by atoms with van der Waals surface area (Å²) in [6.45, 7) is 4.77. The van der Waals surface area contributed by atoms with Gasteiger partial charge in [-0.25, -0.2) is 0 Å². The first-order valence-electron chi connectivity index (χ1n) is 6.20. The molecule has 1 N–H and O–H groups in total. The molecular weight excluding hydrogens is 224 g/mol. The third kappa shape index (κ3) is 5.04. The van der Waals surface area contributed by atoms with Crippen molar-refractivity contribution >= 4 is 11.8 Å². The van der Waals surface area contributed by atoms with E-state index in [2.05, 4.69) is 6.92 Å². The summed E-state index contributed by atoms with van der Waals surface area (Å²) in [5.41, 5.74) is 0. The number of hydrogen-bond acceptors (Lipinski definition) is 4. The molecule has 0 aromatic rings. The molecule has 1 rings (SSSR count). The minimum atomic E-state index is -0.467. The summed E-state index contributed by atoms with van der Waals surface area (Å²) in [7, 11) is 0. The van der Waals surface area contributed by atoms with E-state index in [9.17, 15) is 0 Å². The van der Waals surface area contributed by atoms with Crippen molar-refractivity contribution in [3.05, 3.63) is 0 Å². The predicted octanol–water partition coefficient (Wildman–Crippen LogP) is 2.42. The normalized spacial score (nSPS) is 29.8. The molecule has 0 saturated carbocycles. The lowest BCUT2D eigenvalue weighted by Gasteiger charge is -2.22. The van der Waals surface area contributed by atoms with Crippen LogP contribution in [0, 0.1) is 0 Å². The van der Waals surface area contributed by atoms with E-state index in [4.69, 9.17) is 14.6 Å². The zero-order valence-corrected chi connectivity index (χ0v) is 11.2. The second-order valence-corrected chi connectivity index (χ2v) is 5.66. The van der Waals surface area contributed by atoms with E-state index in [1.807, 2.05) is 18.7 Å². The van der Waals surface area contributed by atoms with Crippen LogP contribution in [0.15, 0.2) is 0 Å². The van der Waals surface area contributed by atoms with Crippen LogP contribution in [0.2, 0.25) is 0 Å². The Morgan fingerprint density at radius 2 is 2.19 bits per heavy atom. The molecule has 0 spiro atoms. The minimum absolute atomic E-state index is 0.0548. The van der Waals surface area contributed by atoms with Crippen LogP contribution < -0.4 is 0 Å². The van der Waals surface area contributed by atoms with Gasteiger partial charge in [0.2, 0.25) is 0 Å². The Labute approximate surface area is 103 Å². The average molecular weight is 248 g/mol. The molecule has 1 saturated heterocycles. The summed E-state index contributed by atoms with van der Waals surface area (Å²) < 4.78 is 11.2. The Morgan fingerprint density at radius 1 is 1.38 bits per heavy atom. The van der Waals surface area contributed by atoms with Crippen molar-refractivity contribution in [3.63, 3.8) is 0 Å². The van der Waals surface area contributed by atoms with Crippen LogP contribution >= 0.6 is 11.8 Å². The van der Waals surface area contributed by atoms with E-state index in [0.29, 0.717) is 6.61 Å². The van der Waals surface area contributed by atoms with Crippen molar-refractivity contribution in [2.24, 2.45) is 0 Å². The van der Waals surface area contributed by atoms with Crippen LogP contribution in [0.5, 0.6) is 0 Å². The van der Waals surface area contributed by atoms with Crippen LogP contribution in [0.4, 0.5) is 0 Å². The van der Waals surface area contributed by atoms with Gasteiger partial charge in [0.1, 0.15) is 6.10 Å². The molecule has 0 radical (unpaired) electrons. The van der Waals surface area contributed by atoms with Crippen molar-refractivity contribution in [3.8, 4) is 0 Å². The van der Waals surface area contributed by atoms with E-state index in [-0.39, 0.29) is 12.7 Å². The van der Waals surface area contributed by atoms with E-state index < -0.39 is 5.79 Å². The Bertz CT molecular complexity index is 189. The third-order valence-corrected chi connectivity index (χ3v) is 3.86. The summed E-state index contributed by atoms with van der Waals surface area (Å²) in [5, 5.41) is 8.96. The molecule has 0 aromatic heterocycles. The van der Waals surface area contributed by atoms with E-state index >= 15 is 0 Å². The smallest absolute Gasteiger partial charge is 0.167 e. The fraction of sp³-hybridized carbons (Fsp3) is 1.00. The minimum Gasteiger partial charge on any atom is -0.394 e. The maximum Gasteiger partial charge on any atom is 0.167 e. The Morgan fingerprint density at radius 3 is 2.81 bits per heavy atom. The van der Waals surface area contributed by atoms with Crippen molar-refractivity contribution in [2.45, 2.75) is 51.4 Å². The number of thioether (sulfide) groups is 1. The lowest BCUT2D eigenvalue weighted by atomic mass is 10.2. The SMILES string of the molecule is CCCCCSCCC1(C)OCC(CO)O1. The van der Waals surface area contributed by atoms with Gasteiger partial charge in [-0.1, -0.05) is 19.8 Å². The molecular formula is C12H24O3S. The second kappa shape index (κ2) is 7.54. The maximum atomic E-state index is 8.96. The van der Waals surface area contributed by atoms with Crippen molar-refractivity contribution < 1.29 is 14.6 Å². The van der Waals surface area contributed by atoms with Crippen LogP contribution in [0.25, 0.3) is 0 Å². The molecule has 1 fully saturated rings. The second-order valence-electron chi connectivity index (χ2n) is 4.44. The van der Waals surface area contributed by atoms with Gasteiger partial charge in [0.15, 0.2) is 5.79 Å². The molecule has 2 atom stereocenters.